The first-order chi connectivity index (χ1) is 14.4. The lowest BCUT2D eigenvalue weighted by atomic mass is 9.48. The average molecular weight is 411 g/mol. The van der Waals surface area contributed by atoms with Crippen molar-refractivity contribution >= 4 is 11.3 Å². The maximum Gasteiger partial charge on any atom is 0.265 e. The van der Waals surface area contributed by atoms with Crippen molar-refractivity contribution in [1.82, 2.24) is 4.98 Å². The first-order valence-electron chi connectivity index (χ1n) is 10.9. The summed E-state index contributed by atoms with van der Waals surface area (Å²) in [5, 5.41) is 12.7. The van der Waals surface area contributed by atoms with Gasteiger partial charge in [-0.25, -0.2) is 8.78 Å². The van der Waals surface area contributed by atoms with Crippen molar-refractivity contribution in [2.24, 2.45) is 27.8 Å². The number of allylic oxidation sites excluding steroid dienone is 6. The van der Waals surface area contributed by atoms with Gasteiger partial charge in [0.1, 0.15) is 0 Å². The third kappa shape index (κ3) is 2.74. The predicted octanol–water partition coefficient (Wildman–Crippen LogP) is 6.73. The molecule has 0 aromatic carbocycles. The summed E-state index contributed by atoms with van der Waals surface area (Å²) < 4.78 is 26.5. The van der Waals surface area contributed by atoms with E-state index in [1.165, 1.54) is 17.3 Å². The van der Waals surface area contributed by atoms with Crippen LogP contribution >= 0.6 is 0 Å². The zero-order chi connectivity index (χ0) is 21.1. The zero-order valence-corrected chi connectivity index (χ0v) is 17.5. The second-order valence-corrected chi connectivity index (χ2v) is 9.81. The maximum absolute atomic E-state index is 13.2. The lowest BCUT2D eigenvalue weighted by molar-refractivity contribution is 0.0716. The van der Waals surface area contributed by atoms with Crippen molar-refractivity contribution in [2.75, 3.05) is 0 Å². The van der Waals surface area contributed by atoms with Gasteiger partial charge in [-0.2, -0.15) is 0 Å². The van der Waals surface area contributed by atoms with Gasteiger partial charge in [0, 0.05) is 23.4 Å². The van der Waals surface area contributed by atoms with E-state index < -0.39 is 6.43 Å². The van der Waals surface area contributed by atoms with Crippen LogP contribution in [-0.4, -0.2) is 15.9 Å². The van der Waals surface area contributed by atoms with Gasteiger partial charge in [-0.3, -0.25) is 4.98 Å². The van der Waals surface area contributed by atoms with Crippen molar-refractivity contribution in [3.8, 4) is 0 Å². The van der Waals surface area contributed by atoms with Crippen LogP contribution in [0.3, 0.4) is 0 Å². The van der Waals surface area contributed by atoms with E-state index in [2.05, 4.69) is 42.2 Å². The third-order valence-electron chi connectivity index (χ3n) is 8.47. The standard InChI is InChI=1S/C25H28F2N2O/c1-24-9-7-18(29-30)12-17(24)3-4-19-21-6-5-20(25(21,2)10-8-22(19)24)15-11-16(23(26)27)14-28-13-15/h5-6,11-14,19,22-23,30H,3-4,7-10H2,1-2H3/t19-,22-,24-,25+/m0/s1. The molecule has 0 aliphatic heterocycles. The van der Waals surface area contributed by atoms with Gasteiger partial charge in [0.25, 0.3) is 6.43 Å². The molecular weight excluding hydrogens is 382 g/mol. The zero-order valence-electron chi connectivity index (χ0n) is 17.5. The van der Waals surface area contributed by atoms with Crippen LogP contribution in [0.25, 0.3) is 5.57 Å². The third-order valence-corrected chi connectivity index (χ3v) is 8.47. The number of fused-ring (bicyclic) bond motifs is 5. The number of aromatic nitrogens is 1. The minimum atomic E-state index is -2.50. The second kappa shape index (κ2) is 6.86. The number of rotatable bonds is 2. The molecule has 2 fully saturated rings. The highest BCUT2D eigenvalue weighted by atomic mass is 19.3. The number of alkyl halides is 2. The number of nitrogens with zero attached hydrogens (tertiary/aromatic N) is 2. The Morgan fingerprint density at radius 2 is 1.97 bits per heavy atom. The van der Waals surface area contributed by atoms with Crippen molar-refractivity contribution in [2.45, 2.75) is 58.8 Å². The van der Waals surface area contributed by atoms with Crippen molar-refractivity contribution in [3.63, 3.8) is 0 Å². The fourth-order valence-corrected chi connectivity index (χ4v) is 6.79. The highest BCUT2D eigenvalue weighted by Crippen LogP contribution is 2.65. The molecule has 158 valence electrons. The Labute approximate surface area is 176 Å². The Balaban J connectivity index is 1.46. The molecular formula is C25H28F2N2O. The molecule has 1 heterocycles. The lowest BCUT2D eigenvalue weighted by Crippen LogP contribution is -2.47. The number of hydrogen-bond donors (Lipinski definition) is 1. The molecule has 4 aliphatic carbocycles. The molecule has 0 spiro atoms. The highest BCUT2D eigenvalue weighted by Gasteiger charge is 2.54. The average Bonchev–Trinajstić information content (AvgIpc) is 3.10. The lowest BCUT2D eigenvalue weighted by Gasteiger charge is -2.56. The summed E-state index contributed by atoms with van der Waals surface area (Å²) in [6.45, 7) is 4.68. The van der Waals surface area contributed by atoms with Crippen molar-refractivity contribution < 1.29 is 14.0 Å². The van der Waals surface area contributed by atoms with Crippen LogP contribution < -0.4 is 0 Å². The topological polar surface area (TPSA) is 45.5 Å². The molecule has 2 saturated carbocycles. The summed E-state index contributed by atoms with van der Waals surface area (Å²) in [7, 11) is 0. The van der Waals surface area contributed by atoms with Gasteiger partial charge in [-0.15, -0.1) is 0 Å². The molecule has 3 nitrogen and oxygen atoms in total. The second-order valence-electron chi connectivity index (χ2n) is 9.81. The van der Waals surface area contributed by atoms with E-state index in [1.54, 1.807) is 12.3 Å². The molecule has 4 atom stereocenters. The van der Waals surface area contributed by atoms with E-state index in [4.69, 9.17) is 0 Å². The minimum absolute atomic E-state index is 0.0114. The van der Waals surface area contributed by atoms with Crippen molar-refractivity contribution in [1.29, 1.82) is 0 Å². The Bertz CT molecular complexity index is 1010. The monoisotopic (exact) mass is 410 g/mol. The number of pyridine rings is 1. The van der Waals surface area contributed by atoms with Gasteiger partial charge in [0.2, 0.25) is 0 Å². The normalized spacial score (nSPS) is 36.6. The molecule has 30 heavy (non-hydrogen) atoms. The van der Waals surface area contributed by atoms with Crippen molar-refractivity contribution in [3.05, 3.63) is 59.0 Å². The molecule has 0 amide bonds. The van der Waals surface area contributed by atoms with E-state index in [9.17, 15) is 14.0 Å². The fraction of sp³-hybridized carbons (Fsp3) is 0.520. The molecule has 0 bridgehead atoms. The minimum Gasteiger partial charge on any atom is -0.411 e. The van der Waals surface area contributed by atoms with Crippen LogP contribution in [0.5, 0.6) is 0 Å². The highest BCUT2D eigenvalue weighted by molar-refractivity contribution is 5.96. The summed E-state index contributed by atoms with van der Waals surface area (Å²) >= 11 is 0. The summed E-state index contributed by atoms with van der Waals surface area (Å²) in [6, 6.07) is 1.61. The molecule has 1 aromatic heterocycles. The van der Waals surface area contributed by atoms with Gasteiger partial charge >= 0.3 is 0 Å². The Morgan fingerprint density at radius 1 is 1.13 bits per heavy atom. The molecule has 5 rings (SSSR count). The van der Waals surface area contributed by atoms with Crippen LogP contribution in [-0.2, 0) is 0 Å². The van der Waals surface area contributed by atoms with Gasteiger partial charge in [0.15, 0.2) is 0 Å². The molecule has 5 heteroatoms. The summed E-state index contributed by atoms with van der Waals surface area (Å²) in [5.74, 6) is 1.09. The Morgan fingerprint density at radius 3 is 2.73 bits per heavy atom. The van der Waals surface area contributed by atoms with Crippen LogP contribution in [0.2, 0.25) is 0 Å². The summed E-state index contributed by atoms with van der Waals surface area (Å²) in [4.78, 5) is 4.10. The molecule has 0 radical (unpaired) electrons. The SMILES string of the molecule is C[C@]12CC[C@H]3[C@@H](CCC4=CC(=NO)CC[C@@]43C)C1=CC=C2c1cncc(C(F)F)c1. The molecule has 4 aliphatic rings. The van der Waals surface area contributed by atoms with E-state index >= 15 is 0 Å². The molecule has 1 aromatic rings. The number of oxime groups is 1. The quantitative estimate of drug-likeness (QED) is 0.434. The van der Waals surface area contributed by atoms with Gasteiger partial charge in [-0.05, 0) is 79.1 Å². The fourth-order valence-electron chi connectivity index (χ4n) is 6.79. The van der Waals surface area contributed by atoms with E-state index in [-0.39, 0.29) is 16.4 Å². The number of halogens is 2. The van der Waals surface area contributed by atoms with Crippen LogP contribution in [0.4, 0.5) is 8.78 Å². The Kier molecular flexibility index (Phi) is 4.49. The maximum atomic E-state index is 13.2. The van der Waals surface area contributed by atoms with E-state index in [0.29, 0.717) is 11.8 Å². The molecule has 1 N–H and O–H groups in total. The molecule has 0 saturated heterocycles. The van der Waals surface area contributed by atoms with Crippen LogP contribution in [0.15, 0.2) is 53.0 Å². The smallest absolute Gasteiger partial charge is 0.265 e. The Hall–Kier alpha value is -2.30. The molecule has 0 unspecified atom stereocenters. The van der Waals surface area contributed by atoms with E-state index in [1.807, 2.05) is 0 Å². The number of hydrogen-bond acceptors (Lipinski definition) is 3. The van der Waals surface area contributed by atoms with E-state index in [0.717, 1.165) is 55.4 Å². The summed E-state index contributed by atoms with van der Waals surface area (Å²) in [5.41, 5.74) is 5.71. The van der Waals surface area contributed by atoms with Gasteiger partial charge in [0.05, 0.1) is 5.71 Å². The summed E-state index contributed by atoms with van der Waals surface area (Å²) in [6.07, 6.45) is 13.2. The van der Waals surface area contributed by atoms with Crippen LogP contribution in [0, 0.1) is 22.7 Å². The van der Waals surface area contributed by atoms with Gasteiger partial charge < -0.3 is 5.21 Å². The first kappa shape index (κ1) is 19.7. The first-order valence-corrected chi connectivity index (χ1v) is 10.9. The largest absolute Gasteiger partial charge is 0.411 e. The van der Waals surface area contributed by atoms with Crippen LogP contribution in [0.1, 0.15) is 69.9 Å². The predicted molar refractivity (Wildman–Crippen MR) is 113 cm³/mol. The van der Waals surface area contributed by atoms with Gasteiger partial charge in [-0.1, -0.05) is 42.3 Å².